The zero-order valence-corrected chi connectivity index (χ0v) is 9.87. The van der Waals surface area contributed by atoms with E-state index in [2.05, 4.69) is 17.3 Å². The van der Waals surface area contributed by atoms with E-state index >= 15 is 0 Å². The van der Waals surface area contributed by atoms with Gasteiger partial charge in [-0.1, -0.05) is 6.92 Å². The monoisotopic (exact) mass is 209 g/mol. The van der Waals surface area contributed by atoms with Crippen LogP contribution in [-0.2, 0) is 7.05 Å². The number of methoxy groups -OCH3 is 1. The third-order valence-corrected chi connectivity index (χ3v) is 3.47. The minimum absolute atomic E-state index is 0.333. The van der Waals surface area contributed by atoms with Crippen molar-refractivity contribution in [3.05, 3.63) is 11.9 Å². The maximum Gasteiger partial charge on any atom is 0.161 e. The summed E-state index contributed by atoms with van der Waals surface area (Å²) >= 11 is 0. The topological polar surface area (TPSA) is 39.1 Å². The molecule has 1 aromatic heterocycles. The van der Waals surface area contributed by atoms with Crippen molar-refractivity contribution < 1.29 is 4.74 Å². The van der Waals surface area contributed by atoms with Crippen LogP contribution in [0.5, 0.6) is 5.75 Å². The fourth-order valence-electron chi connectivity index (χ4n) is 2.21. The summed E-state index contributed by atoms with van der Waals surface area (Å²) in [6.07, 6.45) is 4.32. The van der Waals surface area contributed by atoms with Crippen LogP contribution in [0, 0.1) is 5.41 Å². The molecule has 0 spiro atoms. The Morgan fingerprint density at radius 1 is 1.60 bits per heavy atom. The predicted molar refractivity (Wildman–Crippen MR) is 58.9 cm³/mol. The van der Waals surface area contributed by atoms with Crippen LogP contribution in [0.25, 0.3) is 0 Å². The number of nitrogens with zero attached hydrogens (tertiary/aromatic N) is 2. The van der Waals surface area contributed by atoms with Crippen molar-refractivity contribution in [2.75, 3.05) is 14.2 Å². The van der Waals surface area contributed by atoms with E-state index in [1.54, 1.807) is 13.3 Å². The molecule has 15 heavy (non-hydrogen) atoms. The Balaban J connectivity index is 2.37. The summed E-state index contributed by atoms with van der Waals surface area (Å²) in [6.45, 7) is 2.31. The smallest absolute Gasteiger partial charge is 0.161 e. The molecule has 1 fully saturated rings. The van der Waals surface area contributed by atoms with E-state index in [1.165, 1.54) is 12.8 Å². The Morgan fingerprint density at radius 2 is 2.27 bits per heavy atom. The summed E-state index contributed by atoms with van der Waals surface area (Å²) < 4.78 is 7.25. The molecule has 84 valence electrons. The van der Waals surface area contributed by atoms with Gasteiger partial charge in [-0.05, 0) is 25.3 Å². The van der Waals surface area contributed by atoms with E-state index in [4.69, 9.17) is 4.74 Å². The number of nitrogens with one attached hydrogen (secondary N) is 1. The molecule has 1 atom stereocenters. The zero-order valence-electron chi connectivity index (χ0n) is 9.87. The van der Waals surface area contributed by atoms with Crippen LogP contribution in [0.2, 0.25) is 0 Å². The van der Waals surface area contributed by atoms with Crippen molar-refractivity contribution in [1.82, 2.24) is 15.1 Å². The normalized spacial score (nSPS) is 20.0. The molecule has 0 aliphatic heterocycles. The Morgan fingerprint density at radius 3 is 2.73 bits per heavy atom. The van der Waals surface area contributed by atoms with Crippen LogP contribution in [0.4, 0.5) is 0 Å². The van der Waals surface area contributed by atoms with E-state index in [0.29, 0.717) is 11.5 Å². The highest BCUT2D eigenvalue weighted by atomic mass is 16.5. The second-order valence-corrected chi connectivity index (χ2v) is 4.60. The lowest BCUT2D eigenvalue weighted by Crippen LogP contribution is -2.27. The minimum Gasteiger partial charge on any atom is -0.493 e. The van der Waals surface area contributed by atoms with Crippen molar-refractivity contribution >= 4 is 0 Å². The molecule has 2 rings (SSSR count). The van der Waals surface area contributed by atoms with Gasteiger partial charge >= 0.3 is 0 Å². The number of rotatable bonds is 4. The molecule has 4 nitrogen and oxygen atoms in total. The van der Waals surface area contributed by atoms with E-state index in [1.807, 2.05) is 18.8 Å². The Hall–Kier alpha value is -1.03. The molecule has 0 saturated heterocycles. The standard InChI is InChI=1S/C11H19N3O/c1-11(5-6-11)10(12-2)9-8(15-4)7-13-14(9)3/h7,10,12H,5-6H2,1-4H3. The minimum atomic E-state index is 0.333. The highest BCUT2D eigenvalue weighted by Crippen LogP contribution is 2.55. The first-order valence-electron chi connectivity index (χ1n) is 5.35. The van der Waals surface area contributed by atoms with Crippen LogP contribution in [0.3, 0.4) is 0 Å². The van der Waals surface area contributed by atoms with Gasteiger partial charge in [0.25, 0.3) is 0 Å². The van der Waals surface area contributed by atoms with Crippen LogP contribution in [-0.4, -0.2) is 23.9 Å². The summed E-state index contributed by atoms with van der Waals surface area (Å²) in [5.74, 6) is 0.880. The van der Waals surface area contributed by atoms with E-state index in [0.717, 1.165) is 11.4 Å². The average molecular weight is 209 g/mol. The molecule has 1 heterocycles. The first-order chi connectivity index (χ1) is 7.12. The summed E-state index contributed by atoms with van der Waals surface area (Å²) in [4.78, 5) is 0. The molecule has 1 aromatic rings. The van der Waals surface area contributed by atoms with Crippen molar-refractivity contribution in [2.45, 2.75) is 25.8 Å². The molecule has 1 saturated carbocycles. The van der Waals surface area contributed by atoms with Crippen LogP contribution >= 0.6 is 0 Å². The summed E-state index contributed by atoms with van der Waals surface area (Å²) in [5.41, 5.74) is 1.52. The molecule has 0 aromatic carbocycles. The third-order valence-electron chi connectivity index (χ3n) is 3.47. The largest absolute Gasteiger partial charge is 0.493 e. The molecule has 0 bridgehead atoms. The second-order valence-electron chi connectivity index (χ2n) is 4.60. The van der Waals surface area contributed by atoms with Gasteiger partial charge in [0.05, 0.1) is 25.0 Å². The predicted octanol–water partition coefficient (Wildman–Crippen LogP) is 1.49. The Kier molecular flexibility index (Phi) is 2.46. The van der Waals surface area contributed by atoms with Crippen molar-refractivity contribution in [1.29, 1.82) is 0 Å². The molecule has 1 aliphatic carbocycles. The Bertz CT molecular complexity index is 355. The van der Waals surface area contributed by atoms with Gasteiger partial charge in [-0.3, -0.25) is 4.68 Å². The first kappa shape index (κ1) is 10.5. The number of hydrogen-bond acceptors (Lipinski definition) is 3. The van der Waals surface area contributed by atoms with Gasteiger partial charge in [0.1, 0.15) is 0 Å². The molecule has 1 aliphatic rings. The maximum absolute atomic E-state index is 5.35. The number of aromatic nitrogens is 2. The first-order valence-corrected chi connectivity index (χ1v) is 5.35. The number of ether oxygens (including phenoxy) is 1. The highest BCUT2D eigenvalue weighted by molar-refractivity contribution is 5.31. The van der Waals surface area contributed by atoms with Gasteiger partial charge in [-0.25, -0.2) is 0 Å². The lowest BCUT2D eigenvalue weighted by Gasteiger charge is -2.24. The Labute approximate surface area is 90.6 Å². The zero-order chi connectivity index (χ0) is 11.1. The third kappa shape index (κ3) is 1.63. The van der Waals surface area contributed by atoms with E-state index in [-0.39, 0.29) is 0 Å². The number of hydrogen-bond donors (Lipinski definition) is 1. The molecule has 4 heteroatoms. The SMILES string of the molecule is CNC(c1c(OC)cnn1C)C1(C)CC1. The molecule has 1 N–H and O–H groups in total. The van der Waals surface area contributed by atoms with Crippen LogP contribution < -0.4 is 10.1 Å². The lowest BCUT2D eigenvalue weighted by molar-refractivity contribution is 0.343. The van der Waals surface area contributed by atoms with Gasteiger partial charge in [-0.2, -0.15) is 5.10 Å². The fourth-order valence-corrected chi connectivity index (χ4v) is 2.21. The van der Waals surface area contributed by atoms with E-state index in [9.17, 15) is 0 Å². The van der Waals surface area contributed by atoms with Crippen molar-refractivity contribution in [3.63, 3.8) is 0 Å². The quantitative estimate of drug-likeness (QED) is 0.816. The van der Waals surface area contributed by atoms with Crippen molar-refractivity contribution in [2.24, 2.45) is 12.5 Å². The highest BCUT2D eigenvalue weighted by Gasteiger charge is 2.47. The summed E-state index contributed by atoms with van der Waals surface area (Å²) in [6, 6.07) is 0.333. The van der Waals surface area contributed by atoms with Gasteiger partial charge in [0, 0.05) is 7.05 Å². The van der Waals surface area contributed by atoms with Crippen LogP contribution in [0.1, 0.15) is 31.5 Å². The second kappa shape index (κ2) is 3.52. The molecule has 1 unspecified atom stereocenters. The fraction of sp³-hybridized carbons (Fsp3) is 0.727. The maximum atomic E-state index is 5.35. The summed E-state index contributed by atoms with van der Waals surface area (Å²) in [5, 5.41) is 7.63. The van der Waals surface area contributed by atoms with Gasteiger partial charge in [-0.15, -0.1) is 0 Å². The van der Waals surface area contributed by atoms with Gasteiger partial charge < -0.3 is 10.1 Å². The summed E-state index contributed by atoms with van der Waals surface area (Å²) in [7, 11) is 5.66. The molecule has 0 amide bonds. The lowest BCUT2D eigenvalue weighted by atomic mass is 9.95. The van der Waals surface area contributed by atoms with Gasteiger partial charge in [0.2, 0.25) is 0 Å². The molecular weight excluding hydrogens is 190 g/mol. The average Bonchev–Trinajstić information content (AvgIpc) is 2.85. The molecule has 0 radical (unpaired) electrons. The molecular formula is C11H19N3O. The van der Waals surface area contributed by atoms with Gasteiger partial charge in [0.15, 0.2) is 5.75 Å². The van der Waals surface area contributed by atoms with E-state index < -0.39 is 0 Å². The van der Waals surface area contributed by atoms with Crippen LogP contribution in [0.15, 0.2) is 6.20 Å². The number of aryl methyl sites for hydroxylation is 1. The van der Waals surface area contributed by atoms with Crippen molar-refractivity contribution in [3.8, 4) is 5.75 Å².